The molecule has 0 aromatic heterocycles. The lowest BCUT2D eigenvalue weighted by Gasteiger charge is -2.25. The highest BCUT2D eigenvalue weighted by Gasteiger charge is 2.22. The van der Waals surface area contributed by atoms with Crippen LogP contribution in [0.1, 0.15) is 130 Å². The Morgan fingerprint density at radius 2 is 0.881 bits per heavy atom. The van der Waals surface area contributed by atoms with Gasteiger partial charge in [0.25, 0.3) is 0 Å². The maximum Gasteiger partial charge on any atom is 0.116 e. The summed E-state index contributed by atoms with van der Waals surface area (Å²) in [6.07, 6.45) is 3.95. The van der Waals surface area contributed by atoms with E-state index < -0.39 is 0 Å². The van der Waals surface area contributed by atoms with Crippen LogP contribution < -0.4 is 0 Å². The summed E-state index contributed by atoms with van der Waals surface area (Å²) in [6.45, 7) is 30.9. The van der Waals surface area contributed by atoms with E-state index in [1.807, 2.05) is 21.6 Å². The van der Waals surface area contributed by atoms with E-state index in [-0.39, 0.29) is 23.0 Å². The van der Waals surface area contributed by atoms with Crippen molar-refractivity contribution in [1.29, 1.82) is 0 Å². The highest BCUT2D eigenvalue weighted by atomic mass is 33.1. The summed E-state index contributed by atoms with van der Waals surface area (Å²) >= 11 is 0. The Kier molecular flexibility index (Phi) is 18.9. The Morgan fingerprint density at radius 3 is 1.12 bits per heavy atom. The van der Waals surface area contributed by atoms with Gasteiger partial charge in [0, 0.05) is 9.79 Å². The predicted octanol–water partition coefficient (Wildman–Crippen LogP) is 10.5. The van der Waals surface area contributed by atoms with Gasteiger partial charge in [-0.05, 0) is 98.6 Å². The maximum atomic E-state index is 8.81. The van der Waals surface area contributed by atoms with E-state index >= 15 is 0 Å². The summed E-state index contributed by atoms with van der Waals surface area (Å²) in [5.41, 5.74) is 8.39. The van der Waals surface area contributed by atoms with Crippen LogP contribution in [0.5, 0.6) is 0 Å². The van der Waals surface area contributed by atoms with Crippen LogP contribution in [0.15, 0.2) is 34.1 Å². The van der Waals surface area contributed by atoms with Gasteiger partial charge in [0.1, 0.15) is 12.6 Å². The van der Waals surface area contributed by atoms with Crippen molar-refractivity contribution in [2.75, 3.05) is 0 Å². The average molecular weight is 619 g/mol. The highest BCUT2D eigenvalue weighted by molar-refractivity contribution is 8.76. The van der Waals surface area contributed by atoms with Gasteiger partial charge in [-0.1, -0.05) is 101 Å². The third kappa shape index (κ3) is 14.2. The first-order chi connectivity index (χ1) is 19.5. The van der Waals surface area contributed by atoms with Gasteiger partial charge in [0.05, 0.1) is 25.4 Å². The zero-order chi connectivity index (χ0) is 32.7. The molecule has 238 valence electrons. The van der Waals surface area contributed by atoms with Crippen LogP contribution in [-0.4, -0.2) is 24.8 Å². The number of hydrogen-bond acceptors (Lipinski definition) is 6. The van der Waals surface area contributed by atoms with Crippen molar-refractivity contribution in [3.63, 3.8) is 0 Å². The molecule has 0 spiro atoms. The highest BCUT2D eigenvalue weighted by Crippen LogP contribution is 2.46. The number of ether oxygens (including phenoxy) is 2. The molecule has 0 N–H and O–H groups in total. The molecule has 0 saturated heterocycles. The molecule has 0 heterocycles. The van der Waals surface area contributed by atoms with Crippen molar-refractivity contribution in [2.45, 2.75) is 156 Å². The van der Waals surface area contributed by atoms with Gasteiger partial charge in [-0.3, -0.25) is 0 Å². The first-order valence-electron chi connectivity index (χ1n) is 15.2. The lowest BCUT2D eigenvalue weighted by Crippen LogP contribution is -2.15. The second-order valence-electron chi connectivity index (χ2n) is 12.8. The van der Waals surface area contributed by atoms with E-state index in [9.17, 15) is 0 Å². The van der Waals surface area contributed by atoms with Crippen LogP contribution in [0.25, 0.3) is 0 Å². The second-order valence-corrected chi connectivity index (χ2v) is 15.0. The SMILES string of the molecule is CC=O.CC=O.CCc1cc(C(C)(C)C)cc(CC)c1SSc1c(COC(C)C)cc(C(C)(C)C)cc1COC(C)C. The molecule has 0 atom stereocenters. The van der Waals surface area contributed by atoms with E-state index in [1.165, 1.54) is 57.0 Å². The molecule has 0 aliphatic carbocycles. The number of carbonyl (C=O) groups excluding carboxylic acids is 2. The lowest BCUT2D eigenvalue weighted by molar-refractivity contribution is -0.106. The Morgan fingerprint density at radius 1 is 0.619 bits per heavy atom. The fourth-order valence-corrected chi connectivity index (χ4v) is 6.95. The first-order valence-corrected chi connectivity index (χ1v) is 17.3. The quantitative estimate of drug-likeness (QED) is 0.184. The molecule has 2 rings (SSSR count). The van der Waals surface area contributed by atoms with Crippen LogP contribution in [0.2, 0.25) is 0 Å². The van der Waals surface area contributed by atoms with Gasteiger partial charge in [0.2, 0.25) is 0 Å². The molecule has 0 bridgehead atoms. The van der Waals surface area contributed by atoms with E-state index in [0.717, 1.165) is 25.4 Å². The van der Waals surface area contributed by atoms with Crippen molar-refractivity contribution in [3.05, 3.63) is 57.6 Å². The van der Waals surface area contributed by atoms with Gasteiger partial charge in [0.15, 0.2) is 0 Å². The largest absolute Gasteiger partial charge is 0.374 e. The smallest absolute Gasteiger partial charge is 0.116 e. The number of carbonyl (C=O) groups is 2. The van der Waals surface area contributed by atoms with E-state index in [0.29, 0.717) is 13.2 Å². The molecular weight excluding hydrogens is 561 g/mol. The second kappa shape index (κ2) is 19.6. The molecule has 0 amide bonds. The van der Waals surface area contributed by atoms with Crippen molar-refractivity contribution in [2.24, 2.45) is 0 Å². The topological polar surface area (TPSA) is 52.6 Å². The van der Waals surface area contributed by atoms with Gasteiger partial charge in [-0.2, -0.15) is 0 Å². The van der Waals surface area contributed by atoms with Crippen molar-refractivity contribution >= 4 is 34.2 Å². The third-order valence-corrected chi connectivity index (χ3v) is 9.05. The summed E-state index contributed by atoms with van der Waals surface area (Å²) in [5, 5.41) is 0. The molecule has 2 aromatic carbocycles. The number of aldehydes is 2. The van der Waals surface area contributed by atoms with Crippen molar-refractivity contribution < 1.29 is 19.1 Å². The standard InChI is InChI=1S/C32H50O2S2.2C2H4O/c1-13-23-15-27(31(7,8)9)16-24(14-2)29(23)35-36-30-25(19-33-21(3)4)17-28(32(10,11)12)18-26(30)20-34-22(5)6;2*1-2-3/h15-18,21-22H,13-14,19-20H2,1-12H3;2*2H,1H3. The first kappa shape index (κ1) is 40.4. The molecule has 42 heavy (non-hydrogen) atoms. The molecule has 0 fully saturated rings. The lowest BCUT2D eigenvalue weighted by atomic mass is 9.84. The van der Waals surface area contributed by atoms with Gasteiger partial charge in [-0.15, -0.1) is 0 Å². The van der Waals surface area contributed by atoms with Crippen LogP contribution in [0.3, 0.4) is 0 Å². The van der Waals surface area contributed by atoms with Crippen LogP contribution in [0.4, 0.5) is 0 Å². The van der Waals surface area contributed by atoms with E-state index in [1.54, 1.807) is 0 Å². The molecule has 6 heteroatoms. The molecule has 0 saturated carbocycles. The Balaban J connectivity index is 0.00000257. The molecule has 2 aromatic rings. The molecule has 0 unspecified atom stereocenters. The zero-order valence-corrected chi connectivity index (χ0v) is 30.5. The van der Waals surface area contributed by atoms with Gasteiger partial charge >= 0.3 is 0 Å². The number of rotatable bonds is 11. The zero-order valence-electron chi connectivity index (χ0n) is 28.9. The molecule has 0 aliphatic heterocycles. The van der Waals surface area contributed by atoms with Gasteiger partial charge in [-0.25, -0.2) is 0 Å². The van der Waals surface area contributed by atoms with Gasteiger partial charge < -0.3 is 19.1 Å². The summed E-state index contributed by atoms with van der Waals surface area (Å²) in [6, 6.07) is 9.56. The number of benzene rings is 2. The normalized spacial score (nSPS) is 11.5. The average Bonchev–Trinajstić information content (AvgIpc) is 2.88. The summed E-state index contributed by atoms with van der Waals surface area (Å²) in [7, 11) is 3.79. The Hall–Kier alpha value is -1.60. The van der Waals surface area contributed by atoms with E-state index in [4.69, 9.17) is 19.1 Å². The summed E-state index contributed by atoms with van der Waals surface area (Å²) in [5.74, 6) is 0. The predicted molar refractivity (Wildman–Crippen MR) is 184 cm³/mol. The fraction of sp³-hybridized carbons (Fsp3) is 0.611. The minimum Gasteiger partial charge on any atom is -0.374 e. The molecule has 0 radical (unpaired) electrons. The van der Waals surface area contributed by atoms with Crippen LogP contribution >= 0.6 is 21.6 Å². The van der Waals surface area contributed by atoms with Crippen LogP contribution in [-0.2, 0) is 55.9 Å². The minimum absolute atomic E-state index is 0.0586. The summed E-state index contributed by atoms with van der Waals surface area (Å²) < 4.78 is 12.3. The minimum atomic E-state index is 0.0586. The number of aryl methyl sites for hydroxylation is 2. The van der Waals surface area contributed by atoms with E-state index in [2.05, 4.69) is 107 Å². The van der Waals surface area contributed by atoms with Crippen molar-refractivity contribution in [1.82, 2.24) is 0 Å². The molecule has 0 aliphatic rings. The van der Waals surface area contributed by atoms with Crippen LogP contribution in [0, 0.1) is 0 Å². The summed E-state index contributed by atoms with van der Waals surface area (Å²) in [4.78, 5) is 20.3. The Labute approximate surface area is 265 Å². The molecule has 4 nitrogen and oxygen atoms in total. The monoisotopic (exact) mass is 618 g/mol. The third-order valence-electron chi connectivity index (χ3n) is 6.33. The molecular formula is C36H58O4S2. The maximum absolute atomic E-state index is 8.81. The van der Waals surface area contributed by atoms with Crippen molar-refractivity contribution in [3.8, 4) is 0 Å². The Bertz CT molecular complexity index is 1030. The number of hydrogen-bond donors (Lipinski definition) is 0. The fourth-order valence-electron chi connectivity index (χ4n) is 3.92.